The number of rotatable bonds is 4. The Bertz CT molecular complexity index is 3470. The van der Waals surface area contributed by atoms with Crippen molar-refractivity contribution < 1.29 is 8.83 Å². The van der Waals surface area contributed by atoms with Crippen LogP contribution >= 0.6 is 11.3 Å². The molecular weight excluding hydrogens is 679 g/mol. The van der Waals surface area contributed by atoms with Crippen LogP contribution in [0.3, 0.4) is 0 Å². The van der Waals surface area contributed by atoms with Gasteiger partial charge < -0.3 is 13.7 Å². The molecule has 0 amide bonds. The van der Waals surface area contributed by atoms with Crippen molar-refractivity contribution in [2.75, 3.05) is 4.90 Å². The molecule has 0 saturated carbocycles. The van der Waals surface area contributed by atoms with Gasteiger partial charge in [0.2, 0.25) is 0 Å². The van der Waals surface area contributed by atoms with E-state index in [9.17, 15) is 0 Å². The maximum Gasteiger partial charge on any atom is 0.143 e. The Kier molecular flexibility index (Phi) is 6.21. The van der Waals surface area contributed by atoms with Gasteiger partial charge in [-0.25, -0.2) is 0 Å². The van der Waals surface area contributed by atoms with Crippen LogP contribution < -0.4 is 4.90 Å². The molecule has 0 N–H and O–H groups in total. The molecule has 3 nitrogen and oxygen atoms in total. The lowest BCUT2D eigenvalue weighted by atomic mass is 9.97. The smallest absolute Gasteiger partial charge is 0.143 e. The molecule has 12 aromatic rings. The maximum absolute atomic E-state index is 6.71. The summed E-state index contributed by atoms with van der Waals surface area (Å²) in [6.45, 7) is 0. The van der Waals surface area contributed by atoms with Crippen molar-refractivity contribution in [3.05, 3.63) is 176 Å². The van der Waals surface area contributed by atoms with E-state index < -0.39 is 0 Å². The minimum absolute atomic E-state index is 0.865. The van der Waals surface area contributed by atoms with Crippen LogP contribution in [0.1, 0.15) is 0 Å². The van der Waals surface area contributed by atoms with E-state index in [0.29, 0.717) is 0 Å². The molecule has 3 heterocycles. The molecule has 54 heavy (non-hydrogen) atoms. The van der Waals surface area contributed by atoms with Crippen LogP contribution in [0.25, 0.3) is 96.7 Å². The van der Waals surface area contributed by atoms with Gasteiger partial charge in [-0.2, -0.15) is 0 Å². The highest BCUT2D eigenvalue weighted by Crippen LogP contribution is 2.47. The van der Waals surface area contributed by atoms with E-state index in [1.165, 1.54) is 30.9 Å². The molecule has 0 saturated heterocycles. The van der Waals surface area contributed by atoms with Gasteiger partial charge in [-0.1, -0.05) is 109 Å². The van der Waals surface area contributed by atoms with Crippen molar-refractivity contribution in [3.8, 4) is 11.1 Å². The molecule has 9 aromatic carbocycles. The van der Waals surface area contributed by atoms with Crippen molar-refractivity contribution in [2.45, 2.75) is 0 Å². The summed E-state index contributed by atoms with van der Waals surface area (Å²) in [6.07, 6.45) is 0. The third-order valence-corrected chi connectivity index (χ3v) is 12.2. The highest BCUT2D eigenvalue weighted by Gasteiger charge is 2.22. The number of furan rings is 2. The van der Waals surface area contributed by atoms with Gasteiger partial charge in [0.25, 0.3) is 0 Å². The van der Waals surface area contributed by atoms with Gasteiger partial charge in [-0.3, -0.25) is 0 Å². The van der Waals surface area contributed by atoms with Gasteiger partial charge in [0.15, 0.2) is 0 Å². The van der Waals surface area contributed by atoms with Crippen LogP contribution in [-0.2, 0) is 0 Å². The van der Waals surface area contributed by atoms with Crippen LogP contribution in [-0.4, -0.2) is 0 Å². The number of fused-ring (bicyclic) bond motifs is 13. The predicted molar refractivity (Wildman–Crippen MR) is 229 cm³/mol. The molecule has 0 bridgehead atoms. The lowest BCUT2D eigenvalue weighted by molar-refractivity contribution is 0.672. The van der Waals surface area contributed by atoms with Crippen LogP contribution in [0, 0.1) is 0 Å². The average molecular weight is 708 g/mol. The minimum Gasteiger partial charge on any atom is -0.455 e. The Hall–Kier alpha value is -6.88. The molecule has 0 radical (unpaired) electrons. The second kappa shape index (κ2) is 11.3. The Morgan fingerprint density at radius 3 is 1.78 bits per heavy atom. The first-order valence-electron chi connectivity index (χ1n) is 18.2. The SMILES string of the molecule is c1cc(-c2cccc3oc4c5ccccc5ccc4c23)cc(N(c2ccc3sc4ccccc4c3c2)c2cccc3oc4c5ccccc5ccc4c23)c1. The number of hydrogen-bond donors (Lipinski definition) is 0. The Labute approximate surface area is 313 Å². The monoisotopic (exact) mass is 707 g/mol. The fourth-order valence-electron chi connectivity index (χ4n) is 8.61. The minimum atomic E-state index is 0.865. The number of anilines is 3. The van der Waals surface area contributed by atoms with E-state index >= 15 is 0 Å². The summed E-state index contributed by atoms with van der Waals surface area (Å²) in [5, 5.41) is 11.6. The molecular formula is C50H29NO2S. The first-order chi connectivity index (χ1) is 26.8. The first-order valence-corrected chi connectivity index (χ1v) is 19.1. The summed E-state index contributed by atoms with van der Waals surface area (Å²) in [5.41, 5.74) is 9.06. The molecule has 0 aliphatic heterocycles. The second-order valence-electron chi connectivity index (χ2n) is 14.0. The second-order valence-corrected chi connectivity index (χ2v) is 15.1. The molecule has 0 fully saturated rings. The molecule has 0 spiro atoms. The summed E-state index contributed by atoms with van der Waals surface area (Å²) in [4.78, 5) is 2.41. The third-order valence-electron chi connectivity index (χ3n) is 11.0. The molecule has 0 atom stereocenters. The van der Waals surface area contributed by atoms with E-state index in [0.717, 1.165) is 82.8 Å². The molecule has 252 valence electrons. The maximum atomic E-state index is 6.71. The molecule has 0 aliphatic rings. The van der Waals surface area contributed by atoms with Gasteiger partial charge in [0.1, 0.15) is 22.3 Å². The Balaban J connectivity index is 1.12. The standard InChI is InChI=1S/C50H29NO2S/c1-3-14-36-30(10-1)22-25-39-47-35(17-8-19-43(47)52-49(36)39)32-12-7-13-33(28-32)51(34-24-27-46-41(29-34)38-16-5-6-21-45(38)54-46)42-18-9-20-44-48(42)40-26-23-31-11-2-4-15-37(31)50(40)53-44/h1-29H. The highest BCUT2D eigenvalue weighted by atomic mass is 32.1. The lowest BCUT2D eigenvalue weighted by Gasteiger charge is -2.27. The van der Waals surface area contributed by atoms with Crippen molar-refractivity contribution >= 4 is 114 Å². The molecule has 3 aromatic heterocycles. The highest BCUT2D eigenvalue weighted by molar-refractivity contribution is 7.25. The van der Waals surface area contributed by atoms with Crippen LogP contribution in [0.15, 0.2) is 185 Å². The normalized spacial score (nSPS) is 12.1. The summed E-state index contributed by atoms with van der Waals surface area (Å²) < 4.78 is 15.9. The summed E-state index contributed by atoms with van der Waals surface area (Å²) >= 11 is 1.84. The van der Waals surface area contributed by atoms with E-state index in [1.807, 2.05) is 11.3 Å². The molecule has 12 rings (SSSR count). The fraction of sp³-hybridized carbons (Fsp3) is 0. The summed E-state index contributed by atoms with van der Waals surface area (Å²) in [6, 6.07) is 63.1. The zero-order valence-corrected chi connectivity index (χ0v) is 29.7. The van der Waals surface area contributed by atoms with Gasteiger partial charge in [0, 0.05) is 58.5 Å². The summed E-state index contributed by atoms with van der Waals surface area (Å²) in [7, 11) is 0. The molecule has 0 aliphatic carbocycles. The van der Waals surface area contributed by atoms with Gasteiger partial charge in [-0.15, -0.1) is 11.3 Å². The number of thiophene rings is 1. The van der Waals surface area contributed by atoms with E-state index in [-0.39, 0.29) is 0 Å². The van der Waals surface area contributed by atoms with Gasteiger partial charge in [-0.05, 0) is 88.6 Å². The van der Waals surface area contributed by atoms with Crippen LogP contribution in [0.5, 0.6) is 0 Å². The van der Waals surface area contributed by atoms with Gasteiger partial charge in [0.05, 0.1) is 11.1 Å². The summed E-state index contributed by atoms with van der Waals surface area (Å²) in [5.74, 6) is 0. The number of hydrogen-bond acceptors (Lipinski definition) is 4. The zero-order chi connectivity index (χ0) is 35.3. The van der Waals surface area contributed by atoms with Crippen molar-refractivity contribution in [2.24, 2.45) is 0 Å². The van der Waals surface area contributed by atoms with E-state index in [4.69, 9.17) is 8.83 Å². The van der Waals surface area contributed by atoms with Crippen molar-refractivity contribution in [1.29, 1.82) is 0 Å². The number of benzene rings is 9. The molecule has 4 heteroatoms. The third kappa shape index (κ3) is 4.29. The Morgan fingerprint density at radius 1 is 0.389 bits per heavy atom. The first kappa shape index (κ1) is 29.7. The molecule has 0 unspecified atom stereocenters. The predicted octanol–water partition coefficient (Wildman–Crippen LogP) is 15.3. The van der Waals surface area contributed by atoms with Crippen LogP contribution in [0.2, 0.25) is 0 Å². The Morgan fingerprint density at radius 2 is 1.00 bits per heavy atom. The quantitative estimate of drug-likeness (QED) is 0.182. The fourth-order valence-corrected chi connectivity index (χ4v) is 9.70. The average Bonchev–Trinajstić information content (AvgIpc) is 3.93. The lowest BCUT2D eigenvalue weighted by Crippen LogP contribution is -2.10. The van der Waals surface area contributed by atoms with E-state index in [2.05, 4.69) is 181 Å². The topological polar surface area (TPSA) is 29.5 Å². The van der Waals surface area contributed by atoms with Crippen molar-refractivity contribution in [1.82, 2.24) is 0 Å². The largest absolute Gasteiger partial charge is 0.455 e. The van der Waals surface area contributed by atoms with Crippen molar-refractivity contribution in [3.63, 3.8) is 0 Å². The van der Waals surface area contributed by atoms with Crippen LogP contribution in [0.4, 0.5) is 17.1 Å². The van der Waals surface area contributed by atoms with E-state index in [1.54, 1.807) is 0 Å². The van der Waals surface area contributed by atoms with Gasteiger partial charge >= 0.3 is 0 Å². The number of nitrogens with zero attached hydrogens (tertiary/aromatic N) is 1. The zero-order valence-electron chi connectivity index (χ0n) is 28.9.